The van der Waals surface area contributed by atoms with E-state index in [-0.39, 0.29) is 11.2 Å². The van der Waals surface area contributed by atoms with E-state index in [9.17, 15) is 4.39 Å². The van der Waals surface area contributed by atoms with Gasteiger partial charge in [-0.3, -0.25) is 0 Å². The van der Waals surface area contributed by atoms with Crippen molar-refractivity contribution in [2.45, 2.75) is 44.9 Å². The fourth-order valence-corrected chi connectivity index (χ4v) is 2.88. The highest BCUT2D eigenvalue weighted by Crippen LogP contribution is 2.32. The summed E-state index contributed by atoms with van der Waals surface area (Å²) in [5.74, 6) is -0.112. The summed E-state index contributed by atoms with van der Waals surface area (Å²) in [5.41, 5.74) is 3.83. The third kappa shape index (κ3) is 2.90. The van der Waals surface area contributed by atoms with Crippen LogP contribution in [0.5, 0.6) is 0 Å². The second-order valence-corrected chi connectivity index (χ2v) is 5.45. The molecule has 0 nitrogen and oxygen atoms in total. The average molecular weight is 253 g/mol. The highest BCUT2D eigenvalue weighted by molar-refractivity contribution is 6.22. The zero-order valence-electron chi connectivity index (χ0n) is 10.4. The van der Waals surface area contributed by atoms with Gasteiger partial charge < -0.3 is 0 Å². The third-order valence-corrected chi connectivity index (χ3v) is 3.66. The molecule has 2 heteroatoms. The van der Waals surface area contributed by atoms with Crippen molar-refractivity contribution < 1.29 is 4.39 Å². The number of aryl methyl sites for hydroxylation is 2. The molecule has 1 unspecified atom stereocenters. The monoisotopic (exact) mass is 252 g/mol. The van der Waals surface area contributed by atoms with E-state index in [4.69, 9.17) is 11.6 Å². The predicted molar refractivity (Wildman–Crippen MR) is 72.0 cm³/mol. The second-order valence-electron chi connectivity index (χ2n) is 4.89. The zero-order valence-corrected chi connectivity index (χ0v) is 11.1. The minimum absolute atomic E-state index is 0.0487. The Balaban J connectivity index is 2.45. The number of hydrogen-bond acceptors (Lipinski definition) is 0. The van der Waals surface area contributed by atoms with Crippen molar-refractivity contribution >= 4 is 17.2 Å². The lowest BCUT2D eigenvalue weighted by atomic mass is 9.95. The Kier molecular flexibility index (Phi) is 3.88. The van der Waals surface area contributed by atoms with Gasteiger partial charge in [0.1, 0.15) is 5.82 Å². The molecule has 0 saturated heterocycles. The van der Waals surface area contributed by atoms with Gasteiger partial charge in [-0.15, -0.1) is 11.6 Å². The fourth-order valence-electron chi connectivity index (χ4n) is 2.57. The number of hydrogen-bond donors (Lipinski definition) is 0. The minimum Gasteiger partial charge on any atom is -0.206 e. The van der Waals surface area contributed by atoms with Gasteiger partial charge in [-0.05, 0) is 55.9 Å². The molecule has 0 N–H and O–H groups in total. The molecule has 0 saturated carbocycles. The number of benzene rings is 1. The van der Waals surface area contributed by atoms with Gasteiger partial charge in [-0.1, -0.05) is 18.6 Å². The van der Waals surface area contributed by atoms with E-state index < -0.39 is 0 Å². The molecule has 0 fully saturated rings. The van der Waals surface area contributed by atoms with Crippen LogP contribution in [0, 0.1) is 19.7 Å². The van der Waals surface area contributed by atoms with Gasteiger partial charge >= 0.3 is 0 Å². The molecule has 0 radical (unpaired) electrons. The zero-order chi connectivity index (χ0) is 12.4. The summed E-state index contributed by atoms with van der Waals surface area (Å²) < 4.78 is 14.1. The summed E-state index contributed by atoms with van der Waals surface area (Å²) in [6, 6.07) is 3.64. The Labute approximate surface area is 107 Å². The lowest BCUT2D eigenvalue weighted by Gasteiger charge is -2.12. The van der Waals surface area contributed by atoms with Crippen LogP contribution in [0.2, 0.25) is 0 Å². The summed E-state index contributed by atoms with van der Waals surface area (Å²) in [6.07, 6.45) is 6.19. The standard InChI is InChI=1S/C15H18ClF/c1-10-7-11(2)15(14(17)8-10)12-5-3-4-6-13(16)9-12/h7-9,13H,3-6H2,1-2H3. The number of allylic oxidation sites excluding steroid dienone is 2. The molecule has 0 bridgehead atoms. The van der Waals surface area contributed by atoms with Crippen LogP contribution in [0.1, 0.15) is 42.4 Å². The van der Waals surface area contributed by atoms with E-state index in [1.807, 2.05) is 26.0 Å². The Morgan fingerprint density at radius 3 is 2.71 bits per heavy atom. The number of rotatable bonds is 1. The molecule has 0 spiro atoms. The first-order valence-corrected chi connectivity index (χ1v) is 6.63. The van der Waals surface area contributed by atoms with Crippen molar-refractivity contribution in [1.82, 2.24) is 0 Å². The van der Waals surface area contributed by atoms with Crippen molar-refractivity contribution in [2.75, 3.05) is 0 Å². The van der Waals surface area contributed by atoms with Gasteiger partial charge in [-0.25, -0.2) is 4.39 Å². The maximum Gasteiger partial charge on any atom is 0.131 e. The lowest BCUT2D eigenvalue weighted by Crippen LogP contribution is -1.97. The van der Waals surface area contributed by atoms with Crippen molar-refractivity contribution in [3.05, 3.63) is 40.7 Å². The summed E-state index contributed by atoms with van der Waals surface area (Å²) in [6.45, 7) is 3.89. The van der Waals surface area contributed by atoms with Gasteiger partial charge in [0.15, 0.2) is 0 Å². The first kappa shape index (κ1) is 12.6. The summed E-state index contributed by atoms with van der Waals surface area (Å²) in [5, 5.41) is 0.0487. The highest BCUT2D eigenvalue weighted by Gasteiger charge is 2.16. The Bertz CT molecular complexity index is 425. The lowest BCUT2D eigenvalue weighted by molar-refractivity contribution is 0.620. The molecule has 1 aliphatic rings. The van der Waals surface area contributed by atoms with Crippen molar-refractivity contribution in [1.29, 1.82) is 0 Å². The first-order chi connectivity index (χ1) is 8.08. The quantitative estimate of drug-likeness (QED) is 0.617. The normalized spacial score (nSPS) is 20.9. The van der Waals surface area contributed by atoms with Gasteiger partial charge in [-0.2, -0.15) is 0 Å². The second kappa shape index (κ2) is 5.22. The van der Waals surface area contributed by atoms with Crippen LogP contribution in [-0.2, 0) is 0 Å². The molecular formula is C15H18ClF. The van der Waals surface area contributed by atoms with Crippen LogP contribution >= 0.6 is 11.6 Å². The molecule has 92 valence electrons. The van der Waals surface area contributed by atoms with Gasteiger partial charge in [0.05, 0.1) is 5.38 Å². The average Bonchev–Trinajstić information content (AvgIpc) is 2.41. The first-order valence-electron chi connectivity index (χ1n) is 6.20. The van der Waals surface area contributed by atoms with E-state index in [1.165, 1.54) is 0 Å². The van der Waals surface area contributed by atoms with E-state index in [2.05, 4.69) is 0 Å². The van der Waals surface area contributed by atoms with Gasteiger partial charge in [0, 0.05) is 5.56 Å². The molecule has 2 rings (SSSR count). The summed E-state index contributed by atoms with van der Waals surface area (Å²) >= 11 is 6.20. The van der Waals surface area contributed by atoms with Crippen LogP contribution in [0.3, 0.4) is 0 Å². The Hall–Kier alpha value is -0.820. The summed E-state index contributed by atoms with van der Waals surface area (Å²) in [7, 11) is 0. The SMILES string of the molecule is Cc1cc(C)c(C2=CC(Cl)CCCC2)c(F)c1. The fraction of sp³-hybridized carbons (Fsp3) is 0.467. The molecule has 0 aliphatic heterocycles. The largest absolute Gasteiger partial charge is 0.206 e. The van der Waals surface area contributed by atoms with Crippen molar-refractivity contribution in [2.24, 2.45) is 0 Å². The van der Waals surface area contributed by atoms with Crippen LogP contribution in [0.4, 0.5) is 4.39 Å². The number of alkyl halides is 1. The van der Waals surface area contributed by atoms with Crippen LogP contribution in [0.25, 0.3) is 5.57 Å². The summed E-state index contributed by atoms with van der Waals surface area (Å²) in [4.78, 5) is 0. The molecule has 0 aromatic heterocycles. The maximum atomic E-state index is 14.1. The van der Waals surface area contributed by atoms with E-state index in [0.29, 0.717) is 0 Å². The van der Waals surface area contributed by atoms with Gasteiger partial charge in [0.2, 0.25) is 0 Å². The number of halogens is 2. The van der Waals surface area contributed by atoms with Crippen LogP contribution in [0.15, 0.2) is 18.2 Å². The Morgan fingerprint density at radius 1 is 1.24 bits per heavy atom. The van der Waals surface area contributed by atoms with E-state index in [0.717, 1.165) is 47.9 Å². The van der Waals surface area contributed by atoms with E-state index in [1.54, 1.807) is 6.07 Å². The molecular weight excluding hydrogens is 235 g/mol. The van der Waals surface area contributed by atoms with Crippen LogP contribution in [-0.4, -0.2) is 5.38 Å². The minimum atomic E-state index is -0.112. The molecule has 17 heavy (non-hydrogen) atoms. The molecule has 1 aromatic rings. The topological polar surface area (TPSA) is 0 Å². The van der Waals surface area contributed by atoms with Crippen molar-refractivity contribution in [3.63, 3.8) is 0 Å². The molecule has 0 amide bonds. The Morgan fingerprint density at radius 2 is 2.00 bits per heavy atom. The third-order valence-electron chi connectivity index (χ3n) is 3.31. The predicted octanol–water partition coefficient (Wildman–Crippen LogP) is 5.01. The van der Waals surface area contributed by atoms with Crippen molar-refractivity contribution in [3.8, 4) is 0 Å². The van der Waals surface area contributed by atoms with Gasteiger partial charge in [0.25, 0.3) is 0 Å². The molecule has 1 aliphatic carbocycles. The molecule has 1 atom stereocenters. The van der Waals surface area contributed by atoms with Crippen LogP contribution < -0.4 is 0 Å². The molecule has 0 heterocycles. The smallest absolute Gasteiger partial charge is 0.131 e. The maximum absolute atomic E-state index is 14.1. The highest BCUT2D eigenvalue weighted by atomic mass is 35.5. The van der Waals surface area contributed by atoms with E-state index >= 15 is 0 Å². The molecule has 1 aromatic carbocycles.